The first-order valence-corrected chi connectivity index (χ1v) is 6.67. The van der Waals surface area contributed by atoms with Crippen molar-refractivity contribution in [3.63, 3.8) is 0 Å². The van der Waals surface area contributed by atoms with Gasteiger partial charge < -0.3 is 15.1 Å². The summed E-state index contributed by atoms with van der Waals surface area (Å²) in [5, 5.41) is 11.3. The second kappa shape index (κ2) is 6.13. The molecule has 1 atom stereocenters. The Labute approximate surface area is 125 Å². The van der Waals surface area contributed by atoms with E-state index in [0.717, 1.165) is 12.1 Å². The molecule has 2 rings (SSSR count). The zero-order chi connectivity index (χ0) is 16.3. The third-order valence-corrected chi connectivity index (χ3v) is 3.64. The molecular weight excluding hydrogens is 297 g/mol. The highest BCUT2D eigenvalue weighted by Gasteiger charge is 2.30. The molecule has 0 spiro atoms. The van der Waals surface area contributed by atoms with Crippen molar-refractivity contribution in [1.82, 2.24) is 9.80 Å². The van der Waals surface area contributed by atoms with Gasteiger partial charge in [-0.1, -0.05) is 0 Å². The number of amides is 2. The van der Waals surface area contributed by atoms with E-state index in [2.05, 4.69) is 5.32 Å². The maximum atomic E-state index is 12.5. The molecule has 1 N–H and O–H groups in total. The van der Waals surface area contributed by atoms with Gasteiger partial charge in [0.05, 0.1) is 11.6 Å². The van der Waals surface area contributed by atoms with E-state index in [1.54, 1.807) is 11.9 Å². The summed E-state index contributed by atoms with van der Waals surface area (Å²) in [4.78, 5) is 15.1. The van der Waals surface area contributed by atoms with Crippen molar-refractivity contribution in [3.05, 3.63) is 29.8 Å². The number of urea groups is 1. The minimum Gasteiger partial charge on any atom is -0.323 e. The molecule has 0 aromatic heterocycles. The van der Waals surface area contributed by atoms with Crippen LogP contribution in [0.2, 0.25) is 0 Å². The van der Waals surface area contributed by atoms with Crippen LogP contribution in [0.1, 0.15) is 12.0 Å². The van der Waals surface area contributed by atoms with Crippen molar-refractivity contribution in [3.8, 4) is 6.19 Å². The van der Waals surface area contributed by atoms with Gasteiger partial charge in [0.15, 0.2) is 6.19 Å². The van der Waals surface area contributed by atoms with Crippen molar-refractivity contribution in [2.75, 3.05) is 25.5 Å². The van der Waals surface area contributed by atoms with Crippen LogP contribution >= 0.6 is 0 Å². The van der Waals surface area contributed by atoms with E-state index < -0.39 is 17.8 Å². The molecular formula is C14H15F3N4O. The largest absolute Gasteiger partial charge is 0.416 e. The van der Waals surface area contributed by atoms with E-state index in [1.165, 1.54) is 17.0 Å². The number of hydrogen-bond acceptors (Lipinski definition) is 3. The number of likely N-dealkylation sites (tertiary alicyclic amines) is 1. The van der Waals surface area contributed by atoms with E-state index in [4.69, 9.17) is 5.26 Å². The zero-order valence-corrected chi connectivity index (χ0v) is 11.9. The number of likely N-dealkylation sites (N-methyl/N-ethyl adjacent to an activating group) is 1. The molecule has 8 heteroatoms. The van der Waals surface area contributed by atoms with Crippen LogP contribution in [0.25, 0.3) is 0 Å². The Hall–Kier alpha value is -2.43. The fourth-order valence-electron chi connectivity index (χ4n) is 2.27. The smallest absolute Gasteiger partial charge is 0.323 e. The quantitative estimate of drug-likeness (QED) is 0.854. The Bertz CT molecular complexity index is 579. The van der Waals surface area contributed by atoms with Gasteiger partial charge in [-0.15, -0.1) is 0 Å². The number of nitrogens with one attached hydrogen (secondary N) is 1. The maximum Gasteiger partial charge on any atom is 0.416 e. The van der Waals surface area contributed by atoms with Gasteiger partial charge in [-0.3, -0.25) is 0 Å². The number of benzene rings is 1. The van der Waals surface area contributed by atoms with Crippen molar-refractivity contribution in [1.29, 1.82) is 5.26 Å². The molecule has 0 bridgehead atoms. The number of anilines is 1. The first kappa shape index (κ1) is 15.9. The van der Waals surface area contributed by atoms with E-state index >= 15 is 0 Å². The van der Waals surface area contributed by atoms with Gasteiger partial charge in [0.1, 0.15) is 0 Å². The van der Waals surface area contributed by atoms with E-state index in [1.807, 2.05) is 6.19 Å². The summed E-state index contributed by atoms with van der Waals surface area (Å²) < 4.78 is 37.4. The highest BCUT2D eigenvalue weighted by Crippen LogP contribution is 2.29. The monoisotopic (exact) mass is 312 g/mol. The van der Waals surface area contributed by atoms with Gasteiger partial charge in [-0.2, -0.15) is 18.4 Å². The second-order valence-corrected chi connectivity index (χ2v) is 5.10. The first-order chi connectivity index (χ1) is 10.3. The topological polar surface area (TPSA) is 59.4 Å². The van der Waals surface area contributed by atoms with Crippen LogP contribution in [0.5, 0.6) is 0 Å². The maximum absolute atomic E-state index is 12.5. The number of carbonyl (C=O) groups is 1. The minimum absolute atomic E-state index is 0.0888. The van der Waals surface area contributed by atoms with Crippen LogP contribution in [-0.4, -0.2) is 42.0 Å². The summed E-state index contributed by atoms with van der Waals surface area (Å²) in [6.45, 7) is 1.06. The lowest BCUT2D eigenvalue weighted by molar-refractivity contribution is -0.137. The van der Waals surface area contributed by atoms with E-state index in [0.29, 0.717) is 25.2 Å². The summed E-state index contributed by atoms with van der Waals surface area (Å²) in [6.07, 6.45) is -1.69. The summed E-state index contributed by atoms with van der Waals surface area (Å²) in [5.41, 5.74) is -0.473. The molecule has 2 amide bonds. The molecule has 1 aromatic rings. The van der Waals surface area contributed by atoms with Crippen molar-refractivity contribution in [2.24, 2.45) is 0 Å². The molecule has 1 aliphatic rings. The average Bonchev–Trinajstić information content (AvgIpc) is 2.95. The Morgan fingerprint density at radius 2 is 2.05 bits per heavy atom. The fraction of sp³-hybridized carbons (Fsp3) is 0.429. The molecule has 5 nitrogen and oxygen atoms in total. The SMILES string of the molecule is CN(C(=O)Nc1ccc(C(F)(F)F)cc1)C1CCN(C#N)C1. The molecule has 22 heavy (non-hydrogen) atoms. The van der Waals surface area contributed by atoms with Crippen LogP contribution in [0.4, 0.5) is 23.7 Å². The van der Waals surface area contributed by atoms with Gasteiger partial charge in [0.2, 0.25) is 0 Å². The molecule has 0 saturated carbocycles. The normalized spacial score (nSPS) is 18.0. The molecule has 0 aliphatic carbocycles. The number of nitrogens with zero attached hydrogens (tertiary/aromatic N) is 3. The van der Waals surface area contributed by atoms with Gasteiger partial charge in [-0.25, -0.2) is 4.79 Å². The van der Waals surface area contributed by atoms with E-state index in [9.17, 15) is 18.0 Å². The lowest BCUT2D eigenvalue weighted by atomic mass is 10.2. The fourth-order valence-corrected chi connectivity index (χ4v) is 2.27. The lowest BCUT2D eigenvalue weighted by Crippen LogP contribution is -2.41. The number of carbonyl (C=O) groups excluding carboxylic acids is 1. The van der Waals surface area contributed by atoms with Gasteiger partial charge in [0.25, 0.3) is 0 Å². The average molecular weight is 312 g/mol. The highest BCUT2D eigenvalue weighted by molar-refractivity contribution is 5.89. The number of alkyl halides is 3. The van der Waals surface area contributed by atoms with Gasteiger partial charge in [0, 0.05) is 25.8 Å². The standard InChI is InChI=1S/C14H15F3N4O/c1-20(12-6-7-21(8-12)9-18)13(22)19-11-4-2-10(3-5-11)14(15,16)17/h2-5,12H,6-8H2,1H3,(H,19,22). The van der Waals surface area contributed by atoms with Crippen LogP contribution in [0.3, 0.4) is 0 Å². The van der Waals surface area contributed by atoms with Crippen LogP contribution in [-0.2, 0) is 6.18 Å². The van der Waals surface area contributed by atoms with Crippen LogP contribution in [0.15, 0.2) is 24.3 Å². The minimum atomic E-state index is -4.40. The van der Waals surface area contributed by atoms with Crippen molar-refractivity contribution in [2.45, 2.75) is 18.6 Å². The molecule has 1 fully saturated rings. The van der Waals surface area contributed by atoms with Crippen LogP contribution < -0.4 is 5.32 Å². The second-order valence-electron chi connectivity index (χ2n) is 5.10. The Kier molecular flexibility index (Phi) is 4.45. The molecule has 1 heterocycles. The molecule has 1 unspecified atom stereocenters. The lowest BCUT2D eigenvalue weighted by Gasteiger charge is -2.24. The Morgan fingerprint density at radius 3 is 2.55 bits per heavy atom. The third kappa shape index (κ3) is 3.61. The van der Waals surface area contributed by atoms with Crippen molar-refractivity contribution < 1.29 is 18.0 Å². The predicted molar refractivity (Wildman–Crippen MR) is 73.8 cm³/mol. The number of nitriles is 1. The molecule has 118 valence electrons. The summed E-state index contributed by atoms with van der Waals surface area (Å²) >= 11 is 0. The van der Waals surface area contributed by atoms with Gasteiger partial charge >= 0.3 is 12.2 Å². The Balaban J connectivity index is 1.96. The molecule has 1 saturated heterocycles. The molecule has 0 radical (unpaired) electrons. The molecule has 1 aromatic carbocycles. The summed E-state index contributed by atoms with van der Waals surface area (Å²) in [7, 11) is 1.60. The Morgan fingerprint density at radius 1 is 1.41 bits per heavy atom. The highest BCUT2D eigenvalue weighted by atomic mass is 19.4. The number of hydrogen-bond donors (Lipinski definition) is 1. The third-order valence-electron chi connectivity index (χ3n) is 3.64. The first-order valence-electron chi connectivity index (χ1n) is 6.67. The number of halogens is 3. The van der Waals surface area contributed by atoms with Gasteiger partial charge in [-0.05, 0) is 30.7 Å². The predicted octanol–water partition coefficient (Wildman–Crippen LogP) is 2.72. The summed E-state index contributed by atoms with van der Waals surface area (Å²) in [5.74, 6) is 0. The number of rotatable bonds is 2. The summed E-state index contributed by atoms with van der Waals surface area (Å²) in [6, 6.07) is 3.76. The van der Waals surface area contributed by atoms with E-state index in [-0.39, 0.29) is 6.04 Å². The molecule has 1 aliphatic heterocycles. The zero-order valence-electron chi connectivity index (χ0n) is 11.9. The van der Waals surface area contributed by atoms with Crippen molar-refractivity contribution >= 4 is 11.7 Å². The van der Waals surface area contributed by atoms with Crippen LogP contribution in [0, 0.1) is 11.5 Å².